The predicted octanol–water partition coefficient (Wildman–Crippen LogP) is 2.38. The second kappa shape index (κ2) is 3.76. The fourth-order valence-electron chi connectivity index (χ4n) is 2.10. The van der Waals surface area contributed by atoms with Gasteiger partial charge in [-0.15, -0.1) is 0 Å². The van der Waals surface area contributed by atoms with Crippen LogP contribution in [0.5, 0.6) is 0 Å². The molecular formula is C13H8F3Te. The summed E-state index contributed by atoms with van der Waals surface area (Å²) in [4.78, 5) is 0. The zero-order chi connectivity index (χ0) is 12.0. The molecule has 2 aromatic carbocycles. The first kappa shape index (κ1) is 11.1. The van der Waals surface area contributed by atoms with Crippen molar-refractivity contribution >= 4 is 26.8 Å². The summed E-state index contributed by atoms with van der Waals surface area (Å²) in [6, 6.07) is 13.9. The minimum absolute atomic E-state index is 0.532. The average molecular weight is 349 g/mol. The van der Waals surface area contributed by atoms with E-state index in [1.54, 1.807) is 48.5 Å². The van der Waals surface area contributed by atoms with Gasteiger partial charge in [0.2, 0.25) is 0 Å². The number of hydrogen-bond acceptors (Lipinski definition) is 0. The van der Waals surface area contributed by atoms with Crippen molar-refractivity contribution in [2.75, 3.05) is 0 Å². The van der Waals surface area contributed by atoms with Gasteiger partial charge >= 0.3 is 104 Å². The molecule has 0 saturated heterocycles. The molecule has 0 unspecified atom stereocenters. The van der Waals surface area contributed by atoms with Crippen LogP contribution in [0.1, 0.15) is 0 Å². The van der Waals surface area contributed by atoms with Crippen LogP contribution in [0.15, 0.2) is 48.5 Å². The van der Waals surface area contributed by atoms with Crippen LogP contribution in [0.3, 0.4) is 0 Å². The molecule has 0 saturated carbocycles. The Morgan fingerprint density at radius 1 is 0.706 bits per heavy atom. The third-order valence-corrected chi connectivity index (χ3v) is 8.60. The van der Waals surface area contributed by atoms with Crippen molar-refractivity contribution in [3.05, 3.63) is 48.5 Å². The number of halogens is 3. The Labute approximate surface area is 104 Å². The fourth-order valence-corrected chi connectivity index (χ4v) is 7.70. The van der Waals surface area contributed by atoms with Crippen LogP contribution in [0.4, 0.5) is 13.2 Å². The summed E-state index contributed by atoms with van der Waals surface area (Å²) in [5.41, 5.74) is 1.55. The summed E-state index contributed by atoms with van der Waals surface area (Å²) in [7, 11) is 0. The molecule has 3 rings (SSSR count). The van der Waals surface area contributed by atoms with Gasteiger partial charge in [0.25, 0.3) is 0 Å². The standard InChI is InChI=1S/C13H8F3Te/c14-13(15,16)17-11-7-3-1-5-9(11)10-6-2-4-8-12(10)17/h1-8H. The third kappa shape index (κ3) is 1.67. The molecule has 1 aliphatic heterocycles. The molecule has 0 aromatic heterocycles. The van der Waals surface area contributed by atoms with Crippen molar-refractivity contribution < 1.29 is 13.2 Å². The molecule has 17 heavy (non-hydrogen) atoms. The molecule has 0 fully saturated rings. The van der Waals surface area contributed by atoms with Crippen molar-refractivity contribution in [2.24, 2.45) is 0 Å². The van der Waals surface area contributed by atoms with Gasteiger partial charge in [-0.25, -0.2) is 0 Å². The van der Waals surface area contributed by atoms with Gasteiger partial charge in [-0.1, -0.05) is 0 Å². The Kier molecular flexibility index (Phi) is 2.46. The summed E-state index contributed by atoms with van der Waals surface area (Å²) < 4.78 is 36.6. The van der Waals surface area contributed by atoms with Gasteiger partial charge in [0.1, 0.15) is 0 Å². The third-order valence-electron chi connectivity index (χ3n) is 2.74. The van der Waals surface area contributed by atoms with Crippen LogP contribution in [-0.2, 0) is 0 Å². The van der Waals surface area contributed by atoms with Crippen molar-refractivity contribution in [2.45, 2.75) is 4.22 Å². The number of fused-ring (bicyclic) bond motifs is 3. The van der Waals surface area contributed by atoms with Gasteiger partial charge in [0.05, 0.1) is 0 Å². The molecule has 0 N–H and O–H groups in total. The zero-order valence-corrected chi connectivity index (χ0v) is 11.0. The van der Waals surface area contributed by atoms with E-state index < -0.39 is 23.8 Å². The van der Waals surface area contributed by atoms with E-state index in [9.17, 15) is 13.2 Å². The van der Waals surface area contributed by atoms with Crippen LogP contribution in [-0.4, -0.2) is 23.8 Å². The predicted molar refractivity (Wildman–Crippen MR) is 63.0 cm³/mol. The van der Waals surface area contributed by atoms with Crippen molar-refractivity contribution in [1.29, 1.82) is 0 Å². The molecular weight excluding hydrogens is 341 g/mol. The second-order valence-corrected chi connectivity index (χ2v) is 9.32. The molecule has 0 bridgehead atoms. The van der Waals surface area contributed by atoms with E-state index in [-0.39, 0.29) is 0 Å². The van der Waals surface area contributed by atoms with Crippen LogP contribution < -0.4 is 7.22 Å². The van der Waals surface area contributed by atoms with Gasteiger partial charge in [0, 0.05) is 0 Å². The van der Waals surface area contributed by atoms with Gasteiger partial charge in [-0.3, -0.25) is 0 Å². The first-order valence-electron chi connectivity index (χ1n) is 5.08. The van der Waals surface area contributed by atoms with E-state index >= 15 is 0 Å². The minimum atomic E-state index is -4.06. The van der Waals surface area contributed by atoms with E-state index in [4.69, 9.17) is 0 Å². The average Bonchev–Trinajstić information content (AvgIpc) is 2.63. The van der Waals surface area contributed by atoms with E-state index in [0.29, 0.717) is 7.22 Å². The Morgan fingerprint density at radius 2 is 1.12 bits per heavy atom. The molecule has 0 aliphatic carbocycles. The molecule has 0 atom stereocenters. The zero-order valence-electron chi connectivity index (χ0n) is 8.66. The molecule has 2 aromatic rings. The van der Waals surface area contributed by atoms with Crippen LogP contribution in [0.25, 0.3) is 11.1 Å². The first-order valence-corrected chi connectivity index (χ1v) is 8.58. The monoisotopic (exact) mass is 351 g/mol. The number of alkyl halides is 3. The summed E-state index contributed by atoms with van der Waals surface area (Å²) in [5, 5.41) is 0. The van der Waals surface area contributed by atoms with E-state index in [1.165, 1.54) is 0 Å². The van der Waals surface area contributed by atoms with Crippen molar-refractivity contribution in [3.63, 3.8) is 0 Å². The van der Waals surface area contributed by atoms with Crippen LogP contribution in [0.2, 0.25) is 0 Å². The normalized spacial score (nSPS) is 14.5. The van der Waals surface area contributed by atoms with E-state index in [2.05, 4.69) is 0 Å². The van der Waals surface area contributed by atoms with Gasteiger partial charge in [-0.05, 0) is 0 Å². The van der Waals surface area contributed by atoms with Crippen molar-refractivity contribution in [3.8, 4) is 11.1 Å². The maximum atomic E-state index is 13.2. The van der Waals surface area contributed by atoms with Crippen molar-refractivity contribution in [1.82, 2.24) is 0 Å². The SMILES string of the molecule is FC(F)(F)[Te]1c2ccccc2-c2ccccc21. The Hall–Kier alpha value is -0.980. The summed E-state index contributed by atoms with van der Waals surface area (Å²) in [6.45, 7) is 0. The molecule has 4 heteroatoms. The molecule has 0 nitrogen and oxygen atoms in total. The van der Waals surface area contributed by atoms with E-state index in [0.717, 1.165) is 11.1 Å². The quantitative estimate of drug-likeness (QED) is 0.641. The van der Waals surface area contributed by atoms with Gasteiger partial charge in [-0.2, -0.15) is 0 Å². The number of hydrogen-bond donors (Lipinski definition) is 0. The van der Waals surface area contributed by atoms with E-state index in [1.807, 2.05) is 0 Å². The molecule has 0 spiro atoms. The topological polar surface area (TPSA) is 0 Å². The summed E-state index contributed by atoms with van der Waals surface area (Å²) in [6.07, 6.45) is 0. The molecule has 0 amide bonds. The Bertz CT molecular complexity index is 529. The maximum absolute atomic E-state index is 13.2. The second-order valence-electron chi connectivity index (χ2n) is 3.74. The Morgan fingerprint density at radius 3 is 1.53 bits per heavy atom. The Balaban J connectivity index is 2.31. The summed E-state index contributed by atoms with van der Waals surface area (Å²) >= 11 is -3.42. The fraction of sp³-hybridized carbons (Fsp3) is 0.0769. The number of rotatable bonds is 0. The molecule has 87 valence electrons. The molecule has 1 radical (unpaired) electrons. The molecule has 1 heterocycles. The first-order chi connectivity index (χ1) is 8.09. The number of benzene rings is 2. The van der Waals surface area contributed by atoms with Gasteiger partial charge < -0.3 is 0 Å². The van der Waals surface area contributed by atoms with Crippen LogP contribution in [0, 0.1) is 0 Å². The van der Waals surface area contributed by atoms with Gasteiger partial charge in [0.15, 0.2) is 0 Å². The van der Waals surface area contributed by atoms with Crippen LogP contribution >= 0.6 is 0 Å². The molecule has 1 aliphatic rings. The summed E-state index contributed by atoms with van der Waals surface area (Å²) in [5.74, 6) is 0.